The Labute approximate surface area is 99.9 Å². The summed E-state index contributed by atoms with van der Waals surface area (Å²) in [6.07, 6.45) is 3.42. The van der Waals surface area contributed by atoms with E-state index in [1.165, 1.54) is 0 Å². The minimum absolute atomic E-state index is 0.0404. The van der Waals surface area contributed by atoms with Crippen molar-refractivity contribution in [3.8, 4) is 6.07 Å². The number of piperidine rings is 1. The monoisotopic (exact) mass is 230 g/mol. The summed E-state index contributed by atoms with van der Waals surface area (Å²) in [4.78, 5) is 15.5. The van der Waals surface area contributed by atoms with E-state index >= 15 is 0 Å². The third-order valence-corrected chi connectivity index (χ3v) is 2.82. The van der Waals surface area contributed by atoms with Crippen LogP contribution in [0.1, 0.15) is 24.1 Å². The quantitative estimate of drug-likeness (QED) is 0.784. The smallest absolute Gasteiger partial charge is 0.237 e. The molecule has 1 unspecified atom stereocenters. The van der Waals surface area contributed by atoms with Gasteiger partial charge in [-0.25, -0.2) is 4.98 Å². The van der Waals surface area contributed by atoms with Gasteiger partial charge in [-0.05, 0) is 18.9 Å². The Hall–Kier alpha value is -1.93. The largest absolute Gasteiger partial charge is 0.355 e. The number of nitrogens with one attached hydrogen (secondary N) is 2. The van der Waals surface area contributed by atoms with E-state index < -0.39 is 0 Å². The Morgan fingerprint density at radius 2 is 2.53 bits per heavy atom. The number of carbonyl (C=O) groups is 1. The molecular formula is C12H14N4O. The van der Waals surface area contributed by atoms with Crippen LogP contribution in [0.4, 0.5) is 0 Å². The zero-order valence-corrected chi connectivity index (χ0v) is 9.44. The number of carbonyl (C=O) groups excluding carboxylic acids is 1. The van der Waals surface area contributed by atoms with Gasteiger partial charge >= 0.3 is 0 Å². The Balaban J connectivity index is 1.97. The summed E-state index contributed by atoms with van der Waals surface area (Å²) >= 11 is 0. The third-order valence-electron chi connectivity index (χ3n) is 2.82. The molecule has 1 fully saturated rings. The van der Waals surface area contributed by atoms with Crippen molar-refractivity contribution < 1.29 is 4.79 Å². The number of nitriles is 1. The van der Waals surface area contributed by atoms with Gasteiger partial charge in [0.2, 0.25) is 5.91 Å². The van der Waals surface area contributed by atoms with Crippen LogP contribution >= 0.6 is 0 Å². The average Bonchev–Trinajstić information content (AvgIpc) is 2.38. The second-order valence-corrected chi connectivity index (χ2v) is 3.99. The molecule has 1 aliphatic heterocycles. The molecule has 1 saturated heterocycles. The van der Waals surface area contributed by atoms with Crippen LogP contribution in [0.5, 0.6) is 0 Å². The van der Waals surface area contributed by atoms with E-state index in [2.05, 4.69) is 15.6 Å². The maximum atomic E-state index is 11.5. The molecular weight excluding hydrogens is 216 g/mol. The van der Waals surface area contributed by atoms with Crippen molar-refractivity contribution in [1.82, 2.24) is 15.6 Å². The maximum Gasteiger partial charge on any atom is 0.237 e. The van der Waals surface area contributed by atoms with Crippen LogP contribution in [0.25, 0.3) is 0 Å². The van der Waals surface area contributed by atoms with Gasteiger partial charge in [-0.3, -0.25) is 4.79 Å². The summed E-state index contributed by atoms with van der Waals surface area (Å²) in [7, 11) is 0. The molecule has 1 aromatic rings. The Morgan fingerprint density at radius 3 is 3.29 bits per heavy atom. The minimum Gasteiger partial charge on any atom is -0.355 e. The van der Waals surface area contributed by atoms with Gasteiger partial charge in [0, 0.05) is 24.8 Å². The number of hydrogen-bond acceptors (Lipinski definition) is 4. The van der Waals surface area contributed by atoms with Gasteiger partial charge < -0.3 is 10.6 Å². The van der Waals surface area contributed by atoms with E-state index in [4.69, 9.17) is 5.26 Å². The van der Waals surface area contributed by atoms with E-state index in [0.717, 1.165) is 24.9 Å². The van der Waals surface area contributed by atoms with E-state index in [9.17, 15) is 4.79 Å². The predicted octanol–water partition coefficient (Wildman–Crippen LogP) is 0.321. The number of amides is 1. The van der Waals surface area contributed by atoms with Gasteiger partial charge in [-0.2, -0.15) is 5.26 Å². The molecule has 1 aromatic heterocycles. The first-order valence-corrected chi connectivity index (χ1v) is 5.66. The standard InChI is InChI=1S/C12H14N4O/c13-7-11-9(3-1-5-14-11)8-16-10-4-2-6-15-12(10)17/h1,3,5,10,16H,2,4,6,8H2,(H,15,17). The van der Waals surface area contributed by atoms with Gasteiger partial charge in [-0.15, -0.1) is 0 Å². The Kier molecular flexibility index (Phi) is 3.68. The third kappa shape index (κ3) is 2.80. The van der Waals surface area contributed by atoms with Gasteiger partial charge in [0.15, 0.2) is 0 Å². The zero-order chi connectivity index (χ0) is 12.1. The summed E-state index contributed by atoms with van der Waals surface area (Å²) in [5, 5.41) is 14.9. The highest BCUT2D eigenvalue weighted by Crippen LogP contribution is 2.07. The van der Waals surface area contributed by atoms with E-state index in [-0.39, 0.29) is 11.9 Å². The molecule has 2 N–H and O–H groups in total. The lowest BCUT2D eigenvalue weighted by Crippen LogP contribution is -2.47. The van der Waals surface area contributed by atoms with Crippen LogP contribution in [0.3, 0.4) is 0 Å². The van der Waals surface area contributed by atoms with Crippen molar-refractivity contribution in [3.63, 3.8) is 0 Å². The normalized spacial score (nSPS) is 19.5. The summed E-state index contributed by atoms with van der Waals surface area (Å²) in [6.45, 7) is 1.25. The zero-order valence-electron chi connectivity index (χ0n) is 9.44. The molecule has 0 aliphatic carbocycles. The number of aromatic nitrogens is 1. The highest BCUT2D eigenvalue weighted by Gasteiger charge is 2.21. The molecule has 0 spiro atoms. The van der Waals surface area contributed by atoms with E-state index in [1.54, 1.807) is 12.3 Å². The summed E-state index contributed by atoms with van der Waals surface area (Å²) in [5.74, 6) is 0.0404. The molecule has 1 atom stereocenters. The SMILES string of the molecule is N#Cc1ncccc1CNC1CCCNC1=O. The van der Waals surface area contributed by atoms with Crippen LogP contribution < -0.4 is 10.6 Å². The molecule has 0 saturated carbocycles. The van der Waals surface area contributed by atoms with E-state index in [1.807, 2.05) is 12.1 Å². The molecule has 17 heavy (non-hydrogen) atoms. The molecule has 5 nitrogen and oxygen atoms in total. The molecule has 1 amide bonds. The number of pyridine rings is 1. The molecule has 0 radical (unpaired) electrons. The predicted molar refractivity (Wildman–Crippen MR) is 61.8 cm³/mol. The van der Waals surface area contributed by atoms with Gasteiger partial charge in [0.25, 0.3) is 0 Å². The highest BCUT2D eigenvalue weighted by atomic mass is 16.2. The fourth-order valence-corrected chi connectivity index (χ4v) is 1.88. The number of nitrogens with zero attached hydrogens (tertiary/aromatic N) is 2. The van der Waals surface area contributed by atoms with E-state index in [0.29, 0.717) is 12.2 Å². The fraction of sp³-hybridized carbons (Fsp3) is 0.417. The Bertz CT molecular complexity index is 452. The maximum absolute atomic E-state index is 11.5. The summed E-state index contributed by atoms with van der Waals surface area (Å²) in [6, 6.07) is 5.52. The molecule has 0 bridgehead atoms. The van der Waals surface area contributed by atoms with Crippen molar-refractivity contribution in [1.29, 1.82) is 5.26 Å². The molecule has 2 rings (SSSR count). The van der Waals surface area contributed by atoms with Crippen molar-refractivity contribution >= 4 is 5.91 Å². The second-order valence-electron chi connectivity index (χ2n) is 3.99. The van der Waals surface area contributed by atoms with Gasteiger partial charge in [0.05, 0.1) is 6.04 Å². The van der Waals surface area contributed by atoms with Gasteiger partial charge in [0.1, 0.15) is 11.8 Å². The van der Waals surface area contributed by atoms with Gasteiger partial charge in [-0.1, -0.05) is 6.07 Å². The van der Waals surface area contributed by atoms with Crippen LogP contribution in [0.2, 0.25) is 0 Å². The van der Waals surface area contributed by atoms with Crippen LogP contribution in [0, 0.1) is 11.3 Å². The van der Waals surface area contributed by atoms with Crippen LogP contribution in [-0.2, 0) is 11.3 Å². The molecule has 88 valence electrons. The first-order chi connectivity index (χ1) is 8.31. The minimum atomic E-state index is -0.157. The topological polar surface area (TPSA) is 77.8 Å². The van der Waals surface area contributed by atoms with Crippen molar-refractivity contribution in [2.24, 2.45) is 0 Å². The molecule has 5 heteroatoms. The second kappa shape index (κ2) is 5.41. The lowest BCUT2D eigenvalue weighted by Gasteiger charge is -2.22. The first-order valence-electron chi connectivity index (χ1n) is 5.66. The lowest BCUT2D eigenvalue weighted by atomic mass is 10.1. The number of rotatable bonds is 3. The average molecular weight is 230 g/mol. The molecule has 2 heterocycles. The fourth-order valence-electron chi connectivity index (χ4n) is 1.88. The summed E-state index contributed by atoms with van der Waals surface area (Å²) in [5.41, 5.74) is 1.24. The lowest BCUT2D eigenvalue weighted by molar-refractivity contribution is -0.124. The van der Waals surface area contributed by atoms with Crippen molar-refractivity contribution in [2.45, 2.75) is 25.4 Å². The van der Waals surface area contributed by atoms with Crippen LogP contribution in [0.15, 0.2) is 18.3 Å². The highest BCUT2D eigenvalue weighted by molar-refractivity contribution is 5.82. The van der Waals surface area contributed by atoms with Crippen molar-refractivity contribution in [3.05, 3.63) is 29.6 Å². The molecule has 0 aromatic carbocycles. The van der Waals surface area contributed by atoms with Crippen LogP contribution in [-0.4, -0.2) is 23.5 Å². The van der Waals surface area contributed by atoms with Crippen molar-refractivity contribution in [2.75, 3.05) is 6.54 Å². The number of hydrogen-bond donors (Lipinski definition) is 2. The first kappa shape index (κ1) is 11.6. The summed E-state index contributed by atoms with van der Waals surface area (Å²) < 4.78 is 0. The Morgan fingerprint density at radius 1 is 1.65 bits per heavy atom. The molecule has 1 aliphatic rings.